The molecule has 0 spiro atoms. The van der Waals surface area contributed by atoms with E-state index in [9.17, 15) is 26.4 Å². The molecule has 0 saturated heterocycles. The lowest BCUT2D eigenvalue weighted by molar-refractivity contribution is -0.137. The zero-order valence-corrected chi connectivity index (χ0v) is 19.4. The predicted octanol–water partition coefficient (Wildman–Crippen LogP) is 5.32. The van der Waals surface area contributed by atoms with E-state index < -0.39 is 27.8 Å². The fraction of sp³-hybridized carbons (Fsp3) is 0.0769. The van der Waals surface area contributed by atoms with E-state index in [4.69, 9.17) is 4.18 Å². The van der Waals surface area contributed by atoms with Crippen molar-refractivity contribution in [3.8, 4) is 5.75 Å². The van der Waals surface area contributed by atoms with Gasteiger partial charge in [-0.1, -0.05) is 60.7 Å². The van der Waals surface area contributed by atoms with E-state index in [1.165, 1.54) is 42.6 Å². The molecule has 4 aromatic carbocycles. The third kappa shape index (κ3) is 6.08. The standard InChI is InChI=1S/C26H19F3N2O4S/c27-26(28,29)22-10-5-6-18(14-22)15-25(32)31-30-17-21-9-3-4-11-24(21)35-36(33,34)23-13-12-19-7-1-2-8-20(19)16-23/h1-14,16-17H,15H2,(H,31,32)/b30-17-. The number of para-hydroxylation sites is 1. The molecule has 0 aliphatic heterocycles. The Morgan fingerprint density at radius 2 is 1.61 bits per heavy atom. The summed E-state index contributed by atoms with van der Waals surface area (Å²) in [5, 5.41) is 5.41. The summed E-state index contributed by atoms with van der Waals surface area (Å²) in [4.78, 5) is 12.1. The van der Waals surface area contributed by atoms with Crippen LogP contribution in [0, 0.1) is 0 Å². The first-order valence-corrected chi connectivity index (χ1v) is 12.0. The van der Waals surface area contributed by atoms with Crippen molar-refractivity contribution < 1.29 is 30.6 Å². The summed E-state index contributed by atoms with van der Waals surface area (Å²) >= 11 is 0. The van der Waals surface area contributed by atoms with Gasteiger partial charge >= 0.3 is 16.3 Å². The lowest BCUT2D eigenvalue weighted by Crippen LogP contribution is -2.20. The number of hydrazone groups is 1. The Hall–Kier alpha value is -4.18. The van der Waals surface area contributed by atoms with Crippen molar-refractivity contribution in [3.05, 3.63) is 108 Å². The molecule has 1 N–H and O–H groups in total. The van der Waals surface area contributed by atoms with E-state index in [0.717, 1.165) is 22.9 Å². The van der Waals surface area contributed by atoms with Crippen LogP contribution in [0.1, 0.15) is 16.7 Å². The topological polar surface area (TPSA) is 84.8 Å². The number of amides is 1. The van der Waals surface area contributed by atoms with E-state index in [2.05, 4.69) is 10.5 Å². The molecule has 0 aliphatic rings. The minimum atomic E-state index is -4.51. The lowest BCUT2D eigenvalue weighted by atomic mass is 10.1. The monoisotopic (exact) mass is 512 g/mol. The summed E-state index contributed by atoms with van der Waals surface area (Å²) in [6, 6.07) is 22.5. The third-order valence-electron chi connectivity index (χ3n) is 5.14. The molecule has 0 unspecified atom stereocenters. The highest BCUT2D eigenvalue weighted by Crippen LogP contribution is 2.29. The van der Waals surface area contributed by atoms with Crippen LogP contribution in [-0.4, -0.2) is 20.5 Å². The van der Waals surface area contributed by atoms with Gasteiger partial charge in [0.1, 0.15) is 4.90 Å². The molecule has 0 aromatic heterocycles. The molecule has 36 heavy (non-hydrogen) atoms. The zero-order valence-electron chi connectivity index (χ0n) is 18.6. The number of carbonyl (C=O) groups is 1. The Labute approximate surface area is 205 Å². The molecule has 0 bridgehead atoms. The second kappa shape index (κ2) is 10.2. The van der Waals surface area contributed by atoms with Crippen molar-refractivity contribution >= 4 is 33.0 Å². The van der Waals surface area contributed by atoms with Crippen molar-refractivity contribution in [2.24, 2.45) is 5.10 Å². The number of alkyl halides is 3. The van der Waals surface area contributed by atoms with Gasteiger partial charge in [0.25, 0.3) is 0 Å². The molecule has 10 heteroatoms. The molecule has 0 aliphatic carbocycles. The molecule has 6 nitrogen and oxygen atoms in total. The minimum absolute atomic E-state index is 0.0125. The van der Waals surface area contributed by atoms with Crippen LogP contribution in [0.5, 0.6) is 5.75 Å². The second-order valence-electron chi connectivity index (χ2n) is 7.75. The van der Waals surface area contributed by atoms with Crippen LogP contribution in [0.3, 0.4) is 0 Å². The van der Waals surface area contributed by atoms with Gasteiger partial charge in [-0.05, 0) is 46.7 Å². The van der Waals surface area contributed by atoms with Crippen LogP contribution >= 0.6 is 0 Å². The number of halogens is 3. The Bertz CT molecular complexity index is 1550. The summed E-state index contributed by atoms with van der Waals surface area (Å²) in [6.07, 6.45) is -3.65. The maximum absolute atomic E-state index is 12.9. The van der Waals surface area contributed by atoms with Gasteiger partial charge in [0.05, 0.1) is 18.2 Å². The van der Waals surface area contributed by atoms with Gasteiger partial charge in [-0.3, -0.25) is 4.79 Å². The van der Waals surface area contributed by atoms with Crippen LogP contribution in [0.15, 0.2) is 101 Å². The summed E-state index contributed by atoms with van der Waals surface area (Å²) in [5.74, 6) is -0.658. The Kier molecular flexibility index (Phi) is 7.07. The fourth-order valence-corrected chi connectivity index (χ4v) is 4.40. The van der Waals surface area contributed by atoms with Gasteiger partial charge in [-0.15, -0.1) is 0 Å². The van der Waals surface area contributed by atoms with Crippen LogP contribution < -0.4 is 9.61 Å². The van der Waals surface area contributed by atoms with Gasteiger partial charge < -0.3 is 4.18 Å². The summed E-state index contributed by atoms with van der Waals surface area (Å²) in [7, 11) is -4.17. The van der Waals surface area contributed by atoms with Crippen molar-refractivity contribution in [1.29, 1.82) is 0 Å². The van der Waals surface area contributed by atoms with Gasteiger partial charge in [-0.25, -0.2) is 5.43 Å². The number of hydrogen-bond donors (Lipinski definition) is 1. The third-order valence-corrected chi connectivity index (χ3v) is 6.37. The summed E-state index contributed by atoms with van der Waals surface area (Å²) in [5.41, 5.74) is 1.81. The Morgan fingerprint density at radius 3 is 2.39 bits per heavy atom. The number of rotatable bonds is 7. The quantitative estimate of drug-likeness (QED) is 0.206. The highest BCUT2D eigenvalue weighted by atomic mass is 32.2. The number of fused-ring (bicyclic) bond motifs is 1. The molecule has 1 amide bonds. The van der Waals surface area contributed by atoms with Crippen LogP contribution in [0.4, 0.5) is 13.2 Å². The van der Waals surface area contributed by atoms with Crippen molar-refractivity contribution in [3.63, 3.8) is 0 Å². The molecule has 0 fully saturated rings. The van der Waals surface area contributed by atoms with Crippen molar-refractivity contribution in [2.45, 2.75) is 17.5 Å². The molecular formula is C26H19F3N2O4S. The van der Waals surface area contributed by atoms with E-state index in [1.807, 2.05) is 12.1 Å². The average molecular weight is 513 g/mol. The number of hydrogen-bond acceptors (Lipinski definition) is 5. The van der Waals surface area contributed by atoms with Gasteiger partial charge in [-0.2, -0.15) is 26.7 Å². The normalized spacial score (nSPS) is 12.1. The first-order valence-electron chi connectivity index (χ1n) is 10.6. The fourth-order valence-electron chi connectivity index (χ4n) is 3.41. The summed E-state index contributed by atoms with van der Waals surface area (Å²) in [6.45, 7) is 0. The van der Waals surface area contributed by atoms with E-state index in [1.54, 1.807) is 30.3 Å². The largest absolute Gasteiger partial charge is 0.416 e. The van der Waals surface area contributed by atoms with E-state index in [0.29, 0.717) is 0 Å². The molecule has 0 radical (unpaired) electrons. The zero-order chi connectivity index (χ0) is 25.8. The Morgan fingerprint density at radius 1 is 0.889 bits per heavy atom. The second-order valence-corrected chi connectivity index (χ2v) is 9.30. The highest BCUT2D eigenvalue weighted by molar-refractivity contribution is 7.87. The number of carbonyl (C=O) groups excluding carboxylic acids is 1. The van der Waals surface area contributed by atoms with Crippen molar-refractivity contribution in [2.75, 3.05) is 0 Å². The SMILES string of the molecule is O=C(Cc1cccc(C(F)(F)F)c1)N/N=C\c1ccccc1OS(=O)(=O)c1ccc2ccccc2c1. The van der Waals surface area contributed by atoms with E-state index >= 15 is 0 Å². The Balaban J connectivity index is 1.45. The molecule has 184 valence electrons. The molecule has 0 atom stereocenters. The number of benzene rings is 4. The number of nitrogens with zero attached hydrogens (tertiary/aromatic N) is 1. The van der Waals surface area contributed by atoms with Crippen molar-refractivity contribution in [1.82, 2.24) is 5.43 Å². The minimum Gasteiger partial charge on any atom is -0.378 e. The van der Waals surface area contributed by atoms with E-state index in [-0.39, 0.29) is 28.2 Å². The smallest absolute Gasteiger partial charge is 0.378 e. The first-order chi connectivity index (χ1) is 17.1. The highest BCUT2D eigenvalue weighted by Gasteiger charge is 2.30. The maximum Gasteiger partial charge on any atom is 0.416 e. The van der Waals surface area contributed by atoms with Gasteiger partial charge in [0.15, 0.2) is 5.75 Å². The average Bonchev–Trinajstić information content (AvgIpc) is 2.84. The number of nitrogens with one attached hydrogen (secondary N) is 1. The van der Waals surface area contributed by atoms with Crippen LogP contribution in [0.25, 0.3) is 10.8 Å². The van der Waals surface area contributed by atoms with Gasteiger partial charge in [0, 0.05) is 5.56 Å². The predicted molar refractivity (Wildman–Crippen MR) is 129 cm³/mol. The summed E-state index contributed by atoms with van der Waals surface area (Å²) < 4.78 is 69.6. The maximum atomic E-state index is 12.9. The molecule has 4 aromatic rings. The van der Waals surface area contributed by atoms with Crippen LogP contribution in [0.2, 0.25) is 0 Å². The first kappa shape index (κ1) is 24.9. The molecule has 4 rings (SSSR count). The molecular weight excluding hydrogens is 493 g/mol. The lowest BCUT2D eigenvalue weighted by Gasteiger charge is -2.10. The molecule has 0 saturated carbocycles. The molecule has 0 heterocycles. The van der Waals surface area contributed by atoms with Gasteiger partial charge in [0.2, 0.25) is 5.91 Å². The van der Waals surface area contributed by atoms with Crippen LogP contribution in [-0.2, 0) is 27.5 Å².